The molecule has 1 nitrogen and oxygen atoms in total. The Kier molecular flexibility index (Phi) is 3.92. The second-order valence-electron chi connectivity index (χ2n) is 4.55. The molecule has 1 aliphatic heterocycles. The fourth-order valence-electron chi connectivity index (χ4n) is 2.26. The summed E-state index contributed by atoms with van der Waals surface area (Å²) < 4.78 is 0. The molecule has 0 saturated heterocycles. The van der Waals surface area contributed by atoms with Gasteiger partial charge in [0.25, 0.3) is 0 Å². The van der Waals surface area contributed by atoms with Crippen molar-refractivity contribution in [2.24, 2.45) is 0 Å². The minimum Gasteiger partial charge on any atom is -0.383 e. The summed E-state index contributed by atoms with van der Waals surface area (Å²) in [6, 6.07) is 14.2. The van der Waals surface area contributed by atoms with Gasteiger partial charge in [0.05, 0.1) is 10.7 Å². The van der Waals surface area contributed by atoms with Gasteiger partial charge in [-0.1, -0.05) is 41.4 Å². The normalized spacial score (nSPS) is 17.3. The van der Waals surface area contributed by atoms with E-state index in [0.29, 0.717) is 16.0 Å². The first-order chi connectivity index (χ1) is 9.24. The van der Waals surface area contributed by atoms with Crippen molar-refractivity contribution in [3.05, 3.63) is 58.1 Å². The molecule has 0 bridgehead atoms. The number of halogens is 2. The van der Waals surface area contributed by atoms with Crippen LogP contribution in [0, 0.1) is 0 Å². The van der Waals surface area contributed by atoms with Crippen LogP contribution in [0.1, 0.15) is 11.5 Å². The minimum atomic E-state index is 0.535. The number of hydrogen-bond donors (Lipinski definition) is 1. The van der Waals surface area contributed by atoms with Crippen molar-refractivity contribution in [1.29, 1.82) is 0 Å². The molecule has 3 rings (SSSR count). The Balaban J connectivity index is 1.71. The zero-order valence-corrected chi connectivity index (χ0v) is 12.5. The summed E-state index contributed by atoms with van der Waals surface area (Å²) >= 11 is 14.0. The molecule has 0 radical (unpaired) electrons. The molecule has 1 heterocycles. The molecule has 1 atom stereocenters. The van der Waals surface area contributed by atoms with Gasteiger partial charge in [-0.05, 0) is 29.8 Å². The van der Waals surface area contributed by atoms with E-state index in [4.69, 9.17) is 23.2 Å². The molecule has 2 aromatic rings. The molecule has 98 valence electrons. The van der Waals surface area contributed by atoms with Gasteiger partial charge in [-0.25, -0.2) is 0 Å². The average Bonchev–Trinajstić information content (AvgIpc) is 2.81. The summed E-state index contributed by atoms with van der Waals surface area (Å²) in [6.07, 6.45) is 0. The molecule has 2 aromatic carbocycles. The molecule has 0 fully saturated rings. The molecular weight excluding hydrogens is 297 g/mol. The van der Waals surface area contributed by atoms with Crippen LogP contribution in [0.5, 0.6) is 0 Å². The van der Waals surface area contributed by atoms with Gasteiger partial charge in [0.2, 0.25) is 0 Å². The highest BCUT2D eigenvalue weighted by Gasteiger charge is 2.22. The Bertz CT molecular complexity index is 600. The second kappa shape index (κ2) is 5.66. The maximum absolute atomic E-state index is 6.16. The van der Waals surface area contributed by atoms with Gasteiger partial charge in [-0.15, -0.1) is 11.8 Å². The maximum atomic E-state index is 6.16. The molecular formula is C15H13Cl2NS. The van der Waals surface area contributed by atoms with Crippen LogP contribution in [0.25, 0.3) is 0 Å². The summed E-state index contributed by atoms with van der Waals surface area (Å²) in [5, 5.41) is 4.76. The van der Waals surface area contributed by atoms with Crippen molar-refractivity contribution in [3.8, 4) is 0 Å². The number of hydrogen-bond acceptors (Lipinski definition) is 2. The number of thioether (sulfide) groups is 1. The van der Waals surface area contributed by atoms with Gasteiger partial charge in [0.1, 0.15) is 0 Å². The van der Waals surface area contributed by atoms with Crippen molar-refractivity contribution in [3.63, 3.8) is 0 Å². The van der Waals surface area contributed by atoms with Crippen molar-refractivity contribution >= 4 is 40.7 Å². The summed E-state index contributed by atoms with van der Waals surface area (Å²) in [6.45, 7) is 0.894. The monoisotopic (exact) mass is 309 g/mol. The van der Waals surface area contributed by atoms with Crippen LogP contribution in [-0.4, -0.2) is 12.3 Å². The van der Waals surface area contributed by atoms with Crippen LogP contribution in [0.4, 0.5) is 5.69 Å². The average molecular weight is 310 g/mol. The largest absolute Gasteiger partial charge is 0.383 e. The molecule has 0 aliphatic carbocycles. The van der Waals surface area contributed by atoms with Crippen molar-refractivity contribution in [1.82, 2.24) is 0 Å². The van der Waals surface area contributed by atoms with E-state index in [2.05, 4.69) is 29.6 Å². The van der Waals surface area contributed by atoms with Crippen LogP contribution >= 0.6 is 35.0 Å². The Morgan fingerprint density at radius 2 is 2.00 bits per heavy atom. The molecule has 19 heavy (non-hydrogen) atoms. The second-order valence-corrected chi connectivity index (χ2v) is 6.46. The van der Waals surface area contributed by atoms with Gasteiger partial charge < -0.3 is 5.32 Å². The van der Waals surface area contributed by atoms with Crippen molar-refractivity contribution in [2.45, 2.75) is 10.8 Å². The van der Waals surface area contributed by atoms with E-state index < -0.39 is 0 Å². The third-order valence-electron chi connectivity index (χ3n) is 3.27. The van der Waals surface area contributed by atoms with Gasteiger partial charge in [-0.2, -0.15) is 0 Å². The zero-order valence-electron chi connectivity index (χ0n) is 10.2. The summed E-state index contributed by atoms with van der Waals surface area (Å²) in [4.78, 5) is 1.40. The van der Waals surface area contributed by atoms with Crippen LogP contribution in [0.3, 0.4) is 0 Å². The SMILES string of the molecule is Clc1ccc(NCC2CSc3ccccc32)c(Cl)c1. The highest BCUT2D eigenvalue weighted by molar-refractivity contribution is 7.99. The van der Waals surface area contributed by atoms with Gasteiger partial charge in [-0.3, -0.25) is 0 Å². The van der Waals surface area contributed by atoms with Crippen LogP contribution in [-0.2, 0) is 0 Å². The molecule has 0 saturated carbocycles. The fourth-order valence-corrected chi connectivity index (χ4v) is 3.99. The molecule has 1 N–H and O–H groups in total. The quantitative estimate of drug-likeness (QED) is 0.826. The van der Waals surface area contributed by atoms with Crippen molar-refractivity contribution < 1.29 is 0 Å². The first-order valence-electron chi connectivity index (χ1n) is 6.14. The smallest absolute Gasteiger partial charge is 0.0652 e. The Labute approximate surface area is 127 Å². The van der Waals surface area contributed by atoms with Gasteiger partial charge >= 0.3 is 0 Å². The Morgan fingerprint density at radius 1 is 1.16 bits per heavy atom. The standard InChI is InChI=1S/C15H13Cl2NS/c16-11-5-6-14(13(17)7-11)18-8-10-9-19-15-4-2-1-3-12(10)15/h1-7,10,18H,8-9H2. The molecule has 1 unspecified atom stereocenters. The third-order valence-corrected chi connectivity index (χ3v) is 5.07. The van der Waals surface area contributed by atoms with Crippen LogP contribution < -0.4 is 5.32 Å². The highest BCUT2D eigenvalue weighted by Crippen LogP contribution is 2.39. The predicted octanol–water partition coefficient (Wildman–Crippen LogP) is 5.29. The molecule has 1 aliphatic rings. The maximum Gasteiger partial charge on any atom is 0.0652 e. The third kappa shape index (κ3) is 2.86. The highest BCUT2D eigenvalue weighted by atomic mass is 35.5. The lowest BCUT2D eigenvalue weighted by atomic mass is 10.0. The fraction of sp³-hybridized carbons (Fsp3) is 0.200. The van der Waals surface area contributed by atoms with Gasteiger partial charge in [0.15, 0.2) is 0 Å². The minimum absolute atomic E-state index is 0.535. The number of anilines is 1. The molecule has 0 aromatic heterocycles. The number of nitrogens with one attached hydrogen (secondary N) is 1. The van der Waals surface area contributed by atoms with E-state index in [1.807, 2.05) is 23.9 Å². The van der Waals surface area contributed by atoms with E-state index >= 15 is 0 Å². The molecule has 0 spiro atoms. The van der Waals surface area contributed by atoms with Crippen molar-refractivity contribution in [2.75, 3.05) is 17.6 Å². The Morgan fingerprint density at radius 3 is 2.84 bits per heavy atom. The lowest BCUT2D eigenvalue weighted by molar-refractivity contribution is 0.819. The zero-order chi connectivity index (χ0) is 13.2. The first-order valence-corrected chi connectivity index (χ1v) is 7.89. The number of rotatable bonds is 3. The van der Waals surface area contributed by atoms with Gasteiger partial charge in [0, 0.05) is 28.1 Å². The van der Waals surface area contributed by atoms with Crippen LogP contribution in [0.2, 0.25) is 10.0 Å². The van der Waals surface area contributed by atoms with Crippen LogP contribution in [0.15, 0.2) is 47.4 Å². The van der Waals surface area contributed by atoms with E-state index in [1.54, 1.807) is 6.07 Å². The topological polar surface area (TPSA) is 12.0 Å². The van der Waals surface area contributed by atoms with E-state index in [0.717, 1.165) is 18.0 Å². The number of fused-ring (bicyclic) bond motifs is 1. The van der Waals surface area contributed by atoms with E-state index in [9.17, 15) is 0 Å². The summed E-state index contributed by atoms with van der Waals surface area (Å²) in [5.74, 6) is 1.66. The molecule has 0 amide bonds. The van der Waals surface area contributed by atoms with E-state index in [-0.39, 0.29) is 0 Å². The summed E-state index contributed by atoms with van der Waals surface area (Å²) in [5.41, 5.74) is 2.38. The lowest BCUT2D eigenvalue weighted by Gasteiger charge is -2.14. The number of benzene rings is 2. The predicted molar refractivity (Wildman–Crippen MR) is 84.9 cm³/mol. The first kappa shape index (κ1) is 13.2. The summed E-state index contributed by atoms with van der Waals surface area (Å²) in [7, 11) is 0. The molecule has 4 heteroatoms. The Hall–Kier alpha value is -0.830. The lowest BCUT2D eigenvalue weighted by Crippen LogP contribution is -2.12. The van der Waals surface area contributed by atoms with E-state index in [1.165, 1.54) is 10.5 Å².